The highest BCUT2D eigenvalue weighted by Crippen LogP contribution is 2.15. The summed E-state index contributed by atoms with van der Waals surface area (Å²) >= 11 is 0. The Morgan fingerprint density at radius 2 is 1.75 bits per heavy atom. The van der Waals surface area contributed by atoms with Crippen LogP contribution in [0.4, 0.5) is 5.69 Å². The first-order chi connectivity index (χ1) is 7.75. The lowest BCUT2D eigenvalue weighted by Crippen LogP contribution is -2.47. The molecule has 86 valence electrons. The van der Waals surface area contributed by atoms with Gasteiger partial charge in [0.15, 0.2) is 0 Å². The van der Waals surface area contributed by atoms with Crippen LogP contribution >= 0.6 is 0 Å². The van der Waals surface area contributed by atoms with Gasteiger partial charge in [0, 0.05) is 31.9 Å². The summed E-state index contributed by atoms with van der Waals surface area (Å²) in [6, 6.07) is 10.4. The Morgan fingerprint density at radius 3 is 2.31 bits per heavy atom. The van der Waals surface area contributed by atoms with Gasteiger partial charge >= 0.3 is 0 Å². The number of benzene rings is 1. The Balaban J connectivity index is 1.88. The summed E-state index contributed by atoms with van der Waals surface area (Å²) in [5.74, 6) is 0.258. The molecule has 0 spiro atoms. The molecule has 0 aromatic heterocycles. The number of nitrogens with zero attached hydrogens (tertiary/aromatic N) is 2. The van der Waals surface area contributed by atoms with Gasteiger partial charge in [0.1, 0.15) is 5.78 Å². The van der Waals surface area contributed by atoms with E-state index in [1.807, 2.05) is 6.07 Å². The van der Waals surface area contributed by atoms with E-state index >= 15 is 0 Å². The smallest absolute Gasteiger partial charge is 0.143 e. The van der Waals surface area contributed by atoms with E-state index in [4.69, 9.17) is 0 Å². The van der Waals surface area contributed by atoms with E-state index in [1.165, 1.54) is 5.69 Å². The molecule has 0 amide bonds. The highest BCUT2D eigenvalue weighted by Gasteiger charge is 2.17. The maximum Gasteiger partial charge on any atom is 0.143 e. The van der Waals surface area contributed by atoms with Crippen molar-refractivity contribution < 1.29 is 4.79 Å². The zero-order valence-electron chi connectivity index (χ0n) is 9.72. The van der Waals surface area contributed by atoms with Gasteiger partial charge in [-0.15, -0.1) is 0 Å². The van der Waals surface area contributed by atoms with E-state index in [9.17, 15) is 4.79 Å². The molecule has 3 nitrogen and oxygen atoms in total. The predicted molar refractivity (Wildman–Crippen MR) is 65.8 cm³/mol. The van der Waals surface area contributed by atoms with Crippen LogP contribution in [0.2, 0.25) is 0 Å². The zero-order valence-corrected chi connectivity index (χ0v) is 9.72. The Labute approximate surface area is 96.7 Å². The lowest BCUT2D eigenvalue weighted by Gasteiger charge is -2.35. The van der Waals surface area contributed by atoms with E-state index in [1.54, 1.807) is 6.92 Å². The van der Waals surface area contributed by atoms with Crippen LogP contribution in [-0.2, 0) is 4.79 Å². The number of para-hydroxylation sites is 1. The molecule has 0 atom stereocenters. The van der Waals surface area contributed by atoms with Crippen LogP contribution in [-0.4, -0.2) is 43.4 Å². The molecule has 16 heavy (non-hydrogen) atoms. The van der Waals surface area contributed by atoms with E-state index in [-0.39, 0.29) is 5.78 Å². The molecule has 0 aliphatic carbocycles. The Kier molecular flexibility index (Phi) is 3.57. The summed E-state index contributed by atoms with van der Waals surface area (Å²) < 4.78 is 0. The fourth-order valence-corrected chi connectivity index (χ4v) is 2.12. The van der Waals surface area contributed by atoms with Gasteiger partial charge in [-0.2, -0.15) is 0 Å². The molecule has 1 aliphatic heterocycles. The monoisotopic (exact) mass is 218 g/mol. The SMILES string of the molecule is CC(=O)CN1CCN(c2ccccc2)CC1. The molecule has 1 saturated heterocycles. The van der Waals surface area contributed by atoms with E-state index in [0.29, 0.717) is 6.54 Å². The predicted octanol–water partition coefficient (Wildman–Crippen LogP) is 1.40. The van der Waals surface area contributed by atoms with Crippen molar-refractivity contribution in [3.05, 3.63) is 30.3 Å². The topological polar surface area (TPSA) is 23.6 Å². The van der Waals surface area contributed by atoms with Gasteiger partial charge in [-0.05, 0) is 19.1 Å². The average molecular weight is 218 g/mol. The largest absolute Gasteiger partial charge is 0.369 e. The molecule has 3 heteroatoms. The number of Topliss-reactive ketones (excluding diaryl/α,β-unsaturated/α-hetero) is 1. The van der Waals surface area contributed by atoms with E-state index < -0.39 is 0 Å². The second kappa shape index (κ2) is 5.12. The van der Waals surface area contributed by atoms with Crippen LogP contribution in [0.15, 0.2) is 30.3 Å². The highest BCUT2D eigenvalue weighted by atomic mass is 16.1. The Hall–Kier alpha value is -1.35. The van der Waals surface area contributed by atoms with Crippen LogP contribution in [0.5, 0.6) is 0 Å². The first kappa shape index (κ1) is 11.1. The minimum atomic E-state index is 0.258. The Morgan fingerprint density at radius 1 is 1.12 bits per heavy atom. The highest BCUT2D eigenvalue weighted by molar-refractivity contribution is 5.77. The molecular weight excluding hydrogens is 200 g/mol. The number of rotatable bonds is 3. The van der Waals surface area contributed by atoms with E-state index in [2.05, 4.69) is 34.1 Å². The van der Waals surface area contributed by atoms with Gasteiger partial charge in [0.25, 0.3) is 0 Å². The summed E-state index contributed by atoms with van der Waals surface area (Å²) in [6.07, 6.45) is 0. The minimum absolute atomic E-state index is 0.258. The number of anilines is 1. The van der Waals surface area contributed by atoms with Gasteiger partial charge in [0.05, 0.1) is 6.54 Å². The van der Waals surface area contributed by atoms with Gasteiger partial charge in [-0.25, -0.2) is 0 Å². The standard InChI is InChI=1S/C13H18N2O/c1-12(16)11-14-7-9-15(10-8-14)13-5-3-2-4-6-13/h2-6H,7-11H2,1H3. The fourth-order valence-electron chi connectivity index (χ4n) is 2.12. The summed E-state index contributed by atoms with van der Waals surface area (Å²) in [7, 11) is 0. The molecule has 0 bridgehead atoms. The molecule has 2 rings (SSSR count). The molecule has 0 N–H and O–H groups in total. The number of ketones is 1. The normalized spacial score (nSPS) is 17.4. The lowest BCUT2D eigenvalue weighted by atomic mass is 10.2. The van der Waals surface area contributed by atoms with E-state index in [0.717, 1.165) is 26.2 Å². The fraction of sp³-hybridized carbons (Fsp3) is 0.462. The molecular formula is C13H18N2O. The number of hydrogen-bond donors (Lipinski definition) is 0. The quantitative estimate of drug-likeness (QED) is 0.766. The van der Waals surface area contributed by atoms with Crippen molar-refractivity contribution in [2.75, 3.05) is 37.6 Å². The van der Waals surface area contributed by atoms with Crippen molar-refractivity contribution in [1.82, 2.24) is 4.90 Å². The molecule has 1 aromatic carbocycles. The first-order valence-electron chi connectivity index (χ1n) is 5.77. The van der Waals surface area contributed by atoms with Crippen molar-refractivity contribution in [2.45, 2.75) is 6.92 Å². The molecule has 1 aliphatic rings. The summed E-state index contributed by atoms with van der Waals surface area (Å²) in [5.41, 5.74) is 1.28. The third-order valence-electron chi connectivity index (χ3n) is 2.94. The molecule has 1 aromatic rings. The second-order valence-electron chi connectivity index (χ2n) is 4.30. The lowest BCUT2D eigenvalue weighted by molar-refractivity contribution is -0.118. The zero-order chi connectivity index (χ0) is 11.4. The van der Waals surface area contributed by atoms with Gasteiger partial charge in [0.2, 0.25) is 0 Å². The number of hydrogen-bond acceptors (Lipinski definition) is 3. The van der Waals surface area contributed by atoms with Gasteiger partial charge in [-0.3, -0.25) is 9.69 Å². The maximum absolute atomic E-state index is 11.0. The van der Waals surface area contributed by atoms with Crippen molar-refractivity contribution >= 4 is 11.5 Å². The summed E-state index contributed by atoms with van der Waals surface area (Å²) in [4.78, 5) is 15.6. The van der Waals surface area contributed by atoms with Crippen molar-refractivity contribution in [1.29, 1.82) is 0 Å². The van der Waals surface area contributed by atoms with Crippen LogP contribution in [0, 0.1) is 0 Å². The summed E-state index contributed by atoms with van der Waals surface area (Å²) in [5, 5.41) is 0. The first-order valence-corrected chi connectivity index (χ1v) is 5.77. The van der Waals surface area contributed by atoms with Gasteiger partial charge in [-0.1, -0.05) is 18.2 Å². The van der Waals surface area contributed by atoms with Crippen LogP contribution < -0.4 is 4.90 Å². The molecule has 0 radical (unpaired) electrons. The Bertz CT molecular complexity index is 342. The average Bonchev–Trinajstić information content (AvgIpc) is 2.30. The molecule has 1 fully saturated rings. The third kappa shape index (κ3) is 2.83. The van der Waals surface area contributed by atoms with Crippen LogP contribution in [0.25, 0.3) is 0 Å². The number of piperazine rings is 1. The molecule has 1 heterocycles. The number of carbonyl (C=O) groups excluding carboxylic acids is 1. The summed E-state index contributed by atoms with van der Waals surface area (Å²) in [6.45, 7) is 6.24. The van der Waals surface area contributed by atoms with Crippen LogP contribution in [0.3, 0.4) is 0 Å². The minimum Gasteiger partial charge on any atom is -0.369 e. The number of carbonyl (C=O) groups is 1. The maximum atomic E-state index is 11.0. The van der Waals surface area contributed by atoms with Crippen molar-refractivity contribution in [3.8, 4) is 0 Å². The second-order valence-corrected chi connectivity index (χ2v) is 4.30. The third-order valence-corrected chi connectivity index (χ3v) is 2.94. The van der Waals surface area contributed by atoms with Crippen LogP contribution in [0.1, 0.15) is 6.92 Å². The van der Waals surface area contributed by atoms with Crippen molar-refractivity contribution in [3.63, 3.8) is 0 Å². The molecule has 0 saturated carbocycles. The van der Waals surface area contributed by atoms with Gasteiger partial charge < -0.3 is 4.90 Å². The van der Waals surface area contributed by atoms with Crippen molar-refractivity contribution in [2.24, 2.45) is 0 Å². The molecule has 0 unspecified atom stereocenters.